The first-order valence-corrected chi connectivity index (χ1v) is 12.6. The van der Waals surface area contributed by atoms with Crippen LogP contribution in [0.3, 0.4) is 0 Å². The van der Waals surface area contributed by atoms with E-state index in [-0.39, 0.29) is 36.1 Å². The van der Waals surface area contributed by atoms with Gasteiger partial charge in [0.05, 0.1) is 23.3 Å². The van der Waals surface area contributed by atoms with E-state index in [1.54, 1.807) is 26.9 Å². The maximum Gasteiger partial charge on any atom is 0.295 e. The molecule has 0 atom stereocenters. The van der Waals surface area contributed by atoms with Gasteiger partial charge in [-0.25, -0.2) is 4.68 Å². The summed E-state index contributed by atoms with van der Waals surface area (Å²) in [5.74, 6) is -0.742. The third kappa shape index (κ3) is 3.58. The molecular formula is C28H32N4O4. The van der Waals surface area contributed by atoms with Gasteiger partial charge in [-0.1, -0.05) is 37.5 Å². The van der Waals surface area contributed by atoms with Gasteiger partial charge >= 0.3 is 0 Å². The smallest absolute Gasteiger partial charge is 0.295 e. The Morgan fingerprint density at radius 3 is 2.28 bits per heavy atom. The Labute approximate surface area is 210 Å². The number of benzene rings is 1. The number of imide groups is 1. The summed E-state index contributed by atoms with van der Waals surface area (Å²) >= 11 is 0. The van der Waals surface area contributed by atoms with Crippen molar-refractivity contribution in [1.82, 2.24) is 18.8 Å². The number of aryl methyl sites for hydroxylation is 1. The zero-order chi connectivity index (χ0) is 25.8. The fourth-order valence-electron chi connectivity index (χ4n) is 6.07. The van der Waals surface area contributed by atoms with Crippen molar-refractivity contribution in [2.24, 2.45) is 12.5 Å². The summed E-state index contributed by atoms with van der Waals surface area (Å²) in [7, 11) is 1.83. The van der Waals surface area contributed by atoms with Crippen LogP contribution in [0.15, 0.2) is 41.2 Å². The molecule has 3 heterocycles. The Bertz CT molecular complexity index is 1430. The van der Waals surface area contributed by atoms with Crippen LogP contribution < -0.4 is 5.56 Å². The van der Waals surface area contributed by atoms with Gasteiger partial charge in [-0.2, -0.15) is 0 Å². The van der Waals surface area contributed by atoms with E-state index in [2.05, 4.69) is 0 Å². The van der Waals surface area contributed by atoms with Crippen molar-refractivity contribution < 1.29 is 14.4 Å². The Hall–Kier alpha value is -3.68. The lowest BCUT2D eigenvalue weighted by Crippen LogP contribution is -2.39. The van der Waals surface area contributed by atoms with E-state index in [0.29, 0.717) is 16.9 Å². The second-order valence-corrected chi connectivity index (χ2v) is 10.3. The van der Waals surface area contributed by atoms with Crippen molar-refractivity contribution in [3.63, 3.8) is 0 Å². The molecule has 0 radical (unpaired) electrons. The van der Waals surface area contributed by atoms with Gasteiger partial charge in [0.15, 0.2) is 5.78 Å². The number of carbonyl (C=O) groups is 3. The average Bonchev–Trinajstić information content (AvgIpc) is 3.36. The lowest BCUT2D eigenvalue weighted by molar-refractivity contribution is -0.141. The minimum atomic E-state index is -0.615. The highest BCUT2D eigenvalue weighted by molar-refractivity contribution is 6.10. The number of nitrogens with zero attached hydrogens (tertiary/aromatic N) is 4. The molecule has 2 amide bonds. The molecule has 5 rings (SSSR count). The van der Waals surface area contributed by atoms with E-state index < -0.39 is 5.41 Å². The molecule has 8 heteroatoms. The van der Waals surface area contributed by atoms with E-state index in [1.807, 2.05) is 51.2 Å². The molecule has 1 saturated heterocycles. The molecule has 1 aromatic carbocycles. The molecular weight excluding hydrogens is 456 g/mol. The molecule has 3 aromatic rings. The van der Waals surface area contributed by atoms with Gasteiger partial charge in [0.25, 0.3) is 5.56 Å². The van der Waals surface area contributed by atoms with Gasteiger partial charge in [-0.3, -0.25) is 28.8 Å². The van der Waals surface area contributed by atoms with Gasteiger partial charge in [-0.15, -0.1) is 0 Å². The van der Waals surface area contributed by atoms with Gasteiger partial charge in [0.2, 0.25) is 11.8 Å². The summed E-state index contributed by atoms with van der Waals surface area (Å²) in [4.78, 5) is 54.1. The number of rotatable bonds is 5. The van der Waals surface area contributed by atoms with Crippen molar-refractivity contribution in [3.8, 4) is 11.4 Å². The Balaban J connectivity index is 1.49. The minimum Gasteiger partial charge on any atom is -0.311 e. The van der Waals surface area contributed by atoms with E-state index in [1.165, 1.54) is 0 Å². The number of aromatic nitrogens is 3. The van der Waals surface area contributed by atoms with E-state index in [4.69, 9.17) is 0 Å². The van der Waals surface area contributed by atoms with Gasteiger partial charge in [0.1, 0.15) is 5.69 Å². The minimum absolute atomic E-state index is 0.189. The lowest BCUT2D eigenvalue weighted by atomic mass is 9.73. The van der Waals surface area contributed by atoms with Gasteiger partial charge in [0, 0.05) is 30.4 Å². The fraction of sp³-hybridized carbons (Fsp3) is 0.429. The number of ketones is 1. The van der Waals surface area contributed by atoms with Crippen LogP contribution >= 0.6 is 0 Å². The first-order valence-electron chi connectivity index (χ1n) is 12.6. The molecule has 8 nitrogen and oxygen atoms in total. The number of hydrogen-bond donors (Lipinski definition) is 0. The van der Waals surface area contributed by atoms with Crippen LogP contribution in [-0.2, 0) is 16.6 Å². The fourth-order valence-corrected chi connectivity index (χ4v) is 6.07. The van der Waals surface area contributed by atoms with Crippen LogP contribution in [0.2, 0.25) is 0 Å². The Morgan fingerprint density at radius 1 is 0.944 bits per heavy atom. The van der Waals surface area contributed by atoms with E-state index in [9.17, 15) is 19.2 Å². The average molecular weight is 489 g/mol. The maximum absolute atomic E-state index is 13.6. The molecule has 0 bridgehead atoms. The first kappa shape index (κ1) is 24.0. The lowest BCUT2D eigenvalue weighted by Gasteiger charge is -2.30. The summed E-state index contributed by atoms with van der Waals surface area (Å²) < 4.78 is 5.22. The van der Waals surface area contributed by atoms with Crippen molar-refractivity contribution in [3.05, 3.63) is 69.4 Å². The Morgan fingerprint density at radius 2 is 1.61 bits per heavy atom. The molecule has 188 valence electrons. The topological polar surface area (TPSA) is 86.3 Å². The number of carbonyl (C=O) groups excluding carboxylic acids is 3. The molecule has 2 aliphatic rings. The van der Waals surface area contributed by atoms with Crippen molar-refractivity contribution in [2.75, 3.05) is 6.54 Å². The maximum atomic E-state index is 13.6. The van der Waals surface area contributed by atoms with Crippen molar-refractivity contribution in [2.45, 2.75) is 59.3 Å². The first-order chi connectivity index (χ1) is 17.2. The predicted octanol–water partition coefficient (Wildman–Crippen LogP) is 3.78. The highest BCUT2D eigenvalue weighted by atomic mass is 16.2. The van der Waals surface area contributed by atoms with Crippen LogP contribution in [-0.4, -0.2) is 43.0 Å². The normalized spacial score (nSPS) is 17.4. The number of para-hydroxylation sites is 1. The Kier molecular flexibility index (Phi) is 5.85. The van der Waals surface area contributed by atoms with Gasteiger partial charge in [-0.05, 0) is 51.8 Å². The predicted molar refractivity (Wildman–Crippen MR) is 136 cm³/mol. The second-order valence-electron chi connectivity index (χ2n) is 10.3. The van der Waals surface area contributed by atoms with Crippen molar-refractivity contribution >= 4 is 17.6 Å². The van der Waals surface area contributed by atoms with Crippen LogP contribution in [0.4, 0.5) is 0 Å². The largest absolute Gasteiger partial charge is 0.311 e. The van der Waals surface area contributed by atoms with Crippen LogP contribution in [0, 0.1) is 26.2 Å². The molecule has 0 unspecified atom stereocenters. The number of amides is 2. The molecule has 0 N–H and O–H groups in total. The zero-order valence-corrected chi connectivity index (χ0v) is 21.3. The number of Topliss-reactive ketones (excluding diaryl/α,β-unsaturated/α-hetero) is 1. The van der Waals surface area contributed by atoms with E-state index >= 15 is 0 Å². The van der Waals surface area contributed by atoms with E-state index in [0.717, 1.165) is 54.1 Å². The SMILES string of the molecule is Cc1cc(C(=O)CN2C(=O)CC3(CCCCC3)C2=O)c(C)n1-c1c(C)n(C)n(-c2ccccc2)c1=O. The molecule has 1 saturated carbocycles. The second kappa shape index (κ2) is 8.76. The molecule has 36 heavy (non-hydrogen) atoms. The highest BCUT2D eigenvalue weighted by Gasteiger charge is 2.51. The summed E-state index contributed by atoms with van der Waals surface area (Å²) in [6, 6.07) is 11.2. The summed E-state index contributed by atoms with van der Waals surface area (Å²) in [6.45, 7) is 5.27. The zero-order valence-electron chi connectivity index (χ0n) is 21.3. The van der Waals surface area contributed by atoms with Crippen LogP contribution in [0.1, 0.15) is 66.0 Å². The van der Waals surface area contributed by atoms with Crippen molar-refractivity contribution in [1.29, 1.82) is 0 Å². The quantitative estimate of drug-likeness (QED) is 0.404. The number of likely N-dealkylation sites (tertiary alicyclic amines) is 1. The summed E-state index contributed by atoms with van der Waals surface area (Å²) in [6.07, 6.45) is 4.62. The molecule has 2 aromatic heterocycles. The standard InChI is InChI=1S/C28H32N4O4/c1-18-15-22(23(33)17-30-24(34)16-28(27(30)36)13-9-6-10-14-28)19(2)31(18)25-20(3)29(4)32(26(25)35)21-11-7-5-8-12-21/h5,7-8,11-12,15H,6,9-10,13-14,16-17H2,1-4H3. The highest BCUT2D eigenvalue weighted by Crippen LogP contribution is 2.45. The monoisotopic (exact) mass is 488 g/mol. The summed E-state index contributed by atoms with van der Waals surface area (Å²) in [5.41, 5.74) is 2.97. The molecule has 1 aliphatic heterocycles. The van der Waals surface area contributed by atoms with Crippen LogP contribution in [0.5, 0.6) is 0 Å². The third-order valence-electron chi connectivity index (χ3n) is 8.08. The molecule has 1 aliphatic carbocycles. The van der Waals surface area contributed by atoms with Crippen LogP contribution in [0.25, 0.3) is 11.4 Å². The summed E-state index contributed by atoms with van der Waals surface area (Å²) in [5, 5.41) is 0. The number of hydrogen-bond acceptors (Lipinski definition) is 4. The van der Waals surface area contributed by atoms with Gasteiger partial charge < -0.3 is 4.57 Å². The third-order valence-corrected chi connectivity index (χ3v) is 8.08. The molecule has 2 fully saturated rings. The molecule has 1 spiro atoms.